The highest BCUT2D eigenvalue weighted by atomic mass is 35.5. The summed E-state index contributed by atoms with van der Waals surface area (Å²) < 4.78 is 6.98. The van der Waals surface area contributed by atoms with Gasteiger partial charge in [-0.3, -0.25) is 14.3 Å². The Morgan fingerprint density at radius 3 is 2.48 bits per heavy atom. The van der Waals surface area contributed by atoms with Crippen molar-refractivity contribution in [3.05, 3.63) is 86.7 Å². The summed E-state index contributed by atoms with van der Waals surface area (Å²) in [6.07, 6.45) is 0.00857. The molecule has 0 unspecified atom stereocenters. The van der Waals surface area contributed by atoms with E-state index in [2.05, 4.69) is 10.4 Å². The summed E-state index contributed by atoms with van der Waals surface area (Å²) in [5.74, 6) is -0.895. The summed E-state index contributed by atoms with van der Waals surface area (Å²) in [4.78, 5) is 24.1. The van der Waals surface area contributed by atoms with Crippen LogP contribution in [0.5, 0.6) is 0 Å². The molecular weight excluding hydrogens is 437 g/mol. The second-order valence-corrected chi connectivity index (χ2v) is 7.97. The van der Waals surface area contributed by atoms with Crippen LogP contribution in [0.3, 0.4) is 0 Å². The predicted octanol–water partition coefficient (Wildman–Crippen LogP) is 4.26. The molecule has 0 aliphatic rings. The quantitative estimate of drug-likeness (QED) is 0.510. The zero-order valence-electron chi connectivity index (χ0n) is 17.3. The van der Waals surface area contributed by atoms with Crippen LogP contribution in [0.15, 0.2) is 48.5 Å². The van der Waals surface area contributed by atoms with Gasteiger partial charge in [0.2, 0.25) is 0 Å². The number of esters is 1. The maximum atomic E-state index is 12.1. The minimum absolute atomic E-state index is 0.00857. The number of ether oxygens (including phenoxy) is 1. The van der Waals surface area contributed by atoms with Gasteiger partial charge in [0.05, 0.1) is 28.7 Å². The monoisotopic (exact) mass is 459 g/mol. The first-order valence-corrected chi connectivity index (χ1v) is 10.5. The molecule has 8 heteroatoms. The Labute approximate surface area is 191 Å². The van der Waals surface area contributed by atoms with Crippen LogP contribution in [0.2, 0.25) is 10.0 Å². The van der Waals surface area contributed by atoms with Crippen molar-refractivity contribution in [1.29, 1.82) is 0 Å². The lowest BCUT2D eigenvalue weighted by Crippen LogP contribution is -2.29. The molecule has 31 heavy (non-hydrogen) atoms. The Morgan fingerprint density at radius 2 is 1.77 bits per heavy atom. The highest BCUT2D eigenvalue weighted by Crippen LogP contribution is 2.23. The van der Waals surface area contributed by atoms with Crippen molar-refractivity contribution in [1.82, 2.24) is 15.1 Å². The summed E-state index contributed by atoms with van der Waals surface area (Å²) in [6, 6.07) is 15.0. The Kier molecular flexibility index (Phi) is 7.71. The Bertz CT molecular complexity index is 1080. The maximum absolute atomic E-state index is 12.1. The van der Waals surface area contributed by atoms with Crippen molar-refractivity contribution in [2.24, 2.45) is 0 Å². The first-order valence-electron chi connectivity index (χ1n) is 9.76. The number of hydrogen-bond donors (Lipinski definition) is 1. The molecule has 0 aliphatic heterocycles. The van der Waals surface area contributed by atoms with E-state index < -0.39 is 5.97 Å². The molecule has 0 saturated heterocycles. The molecule has 3 rings (SSSR count). The van der Waals surface area contributed by atoms with E-state index in [0.29, 0.717) is 28.7 Å². The van der Waals surface area contributed by atoms with Crippen LogP contribution < -0.4 is 5.32 Å². The molecule has 0 spiro atoms. The fourth-order valence-electron chi connectivity index (χ4n) is 3.15. The number of nitrogens with zero attached hydrogens (tertiary/aromatic N) is 2. The van der Waals surface area contributed by atoms with E-state index in [1.54, 1.807) is 18.2 Å². The van der Waals surface area contributed by atoms with Gasteiger partial charge in [0.1, 0.15) is 0 Å². The zero-order chi connectivity index (χ0) is 22.4. The number of hydrogen-bond acceptors (Lipinski definition) is 4. The number of carbonyl (C=O) groups is 2. The van der Waals surface area contributed by atoms with Crippen molar-refractivity contribution in [2.45, 2.75) is 33.4 Å². The van der Waals surface area contributed by atoms with Crippen LogP contribution >= 0.6 is 23.2 Å². The minimum atomic E-state index is -0.517. The summed E-state index contributed by atoms with van der Waals surface area (Å²) in [5.41, 5.74) is 4.60. The molecule has 1 heterocycles. The predicted molar refractivity (Wildman–Crippen MR) is 120 cm³/mol. The molecular formula is C23H23Cl2N3O3. The van der Waals surface area contributed by atoms with Crippen molar-refractivity contribution >= 4 is 35.1 Å². The summed E-state index contributed by atoms with van der Waals surface area (Å²) >= 11 is 11.8. The molecule has 2 aromatic carbocycles. The van der Waals surface area contributed by atoms with Gasteiger partial charge in [-0.1, -0.05) is 59.6 Å². The number of benzene rings is 2. The molecule has 1 N–H and O–H groups in total. The van der Waals surface area contributed by atoms with Gasteiger partial charge >= 0.3 is 5.97 Å². The molecule has 6 nitrogen and oxygen atoms in total. The zero-order valence-corrected chi connectivity index (χ0v) is 18.8. The third-order valence-electron chi connectivity index (χ3n) is 4.87. The van der Waals surface area contributed by atoms with Gasteiger partial charge < -0.3 is 10.1 Å². The molecule has 3 aromatic rings. The largest absolute Gasteiger partial charge is 0.455 e. The number of aromatic nitrogens is 2. The molecule has 0 atom stereocenters. The number of aryl methyl sites for hydroxylation is 1. The standard InChI is InChI=1S/C23H23Cl2N3O3/c1-15-19(16(2)28(27-15)13-17-6-4-3-5-7-17)12-26-22(29)14-31-23(30)11-18-8-9-20(24)21(25)10-18/h3-10H,11-14H2,1-2H3,(H,26,29). The first-order chi connectivity index (χ1) is 14.8. The van der Waals surface area contributed by atoms with Gasteiger partial charge in [0.25, 0.3) is 5.91 Å². The number of rotatable bonds is 8. The van der Waals surface area contributed by atoms with E-state index in [4.69, 9.17) is 27.9 Å². The number of carbonyl (C=O) groups excluding carboxylic acids is 2. The van der Waals surface area contributed by atoms with E-state index in [1.807, 2.05) is 48.9 Å². The van der Waals surface area contributed by atoms with Gasteiger partial charge in [-0.05, 0) is 37.1 Å². The minimum Gasteiger partial charge on any atom is -0.455 e. The Hall–Kier alpha value is -2.83. The van der Waals surface area contributed by atoms with Crippen LogP contribution in [0.1, 0.15) is 28.1 Å². The second kappa shape index (κ2) is 10.5. The van der Waals surface area contributed by atoms with Crippen LogP contribution in [-0.2, 0) is 33.8 Å². The molecule has 0 fully saturated rings. The van der Waals surface area contributed by atoms with E-state index in [0.717, 1.165) is 22.5 Å². The number of nitrogens with one attached hydrogen (secondary N) is 1. The average molecular weight is 460 g/mol. The molecule has 162 valence electrons. The molecule has 0 bridgehead atoms. The average Bonchev–Trinajstić information content (AvgIpc) is 3.01. The number of amides is 1. The van der Waals surface area contributed by atoms with Crippen LogP contribution in [-0.4, -0.2) is 28.3 Å². The fraction of sp³-hybridized carbons (Fsp3) is 0.261. The van der Waals surface area contributed by atoms with Gasteiger partial charge in [-0.15, -0.1) is 0 Å². The van der Waals surface area contributed by atoms with Crippen LogP contribution in [0.25, 0.3) is 0 Å². The third kappa shape index (κ3) is 6.32. The molecule has 1 aromatic heterocycles. The maximum Gasteiger partial charge on any atom is 0.310 e. The molecule has 0 radical (unpaired) electrons. The highest BCUT2D eigenvalue weighted by Gasteiger charge is 2.14. The normalized spacial score (nSPS) is 10.7. The van der Waals surface area contributed by atoms with Gasteiger partial charge in [0.15, 0.2) is 6.61 Å². The lowest BCUT2D eigenvalue weighted by atomic mass is 10.1. The molecule has 0 aliphatic carbocycles. The van der Waals surface area contributed by atoms with E-state index in [1.165, 1.54) is 0 Å². The van der Waals surface area contributed by atoms with E-state index in [9.17, 15) is 9.59 Å². The topological polar surface area (TPSA) is 73.2 Å². The van der Waals surface area contributed by atoms with Crippen LogP contribution in [0, 0.1) is 13.8 Å². The molecule has 0 saturated carbocycles. The summed E-state index contributed by atoms with van der Waals surface area (Å²) in [6.45, 7) is 4.51. The lowest BCUT2D eigenvalue weighted by Gasteiger charge is -2.08. The van der Waals surface area contributed by atoms with E-state index in [-0.39, 0.29) is 18.9 Å². The molecule has 1 amide bonds. The smallest absolute Gasteiger partial charge is 0.310 e. The van der Waals surface area contributed by atoms with Gasteiger partial charge in [0, 0.05) is 17.8 Å². The summed E-state index contributed by atoms with van der Waals surface area (Å²) in [7, 11) is 0. The SMILES string of the molecule is Cc1nn(Cc2ccccc2)c(C)c1CNC(=O)COC(=O)Cc1ccc(Cl)c(Cl)c1. The van der Waals surface area contributed by atoms with Crippen LogP contribution in [0.4, 0.5) is 0 Å². The fourth-order valence-corrected chi connectivity index (χ4v) is 3.47. The number of halogens is 2. The Balaban J connectivity index is 1.49. The lowest BCUT2D eigenvalue weighted by molar-refractivity contribution is -0.147. The van der Waals surface area contributed by atoms with Gasteiger partial charge in [-0.2, -0.15) is 5.10 Å². The van der Waals surface area contributed by atoms with Crippen molar-refractivity contribution in [3.8, 4) is 0 Å². The van der Waals surface area contributed by atoms with Crippen molar-refractivity contribution in [3.63, 3.8) is 0 Å². The van der Waals surface area contributed by atoms with Gasteiger partial charge in [-0.25, -0.2) is 0 Å². The van der Waals surface area contributed by atoms with Crippen molar-refractivity contribution < 1.29 is 14.3 Å². The Morgan fingerprint density at radius 1 is 1.03 bits per heavy atom. The van der Waals surface area contributed by atoms with E-state index >= 15 is 0 Å². The second-order valence-electron chi connectivity index (χ2n) is 7.16. The van der Waals surface area contributed by atoms with Crippen molar-refractivity contribution in [2.75, 3.05) is 6.61 Å². The first kappa shape index (κ1) is 22.8. The highest BCUT2D eigenvalue weighted by molar-refractivity contribution is 6.42. The third-order valence-corrected chi connectivity index (χ3v) is 5.60. The summed E-state index contributed by atoms with van der Waals surface area (Å²) in [5, 5.41) is 8.14.